The Balaban J connectivity index is 0.000000203. The van der Waals surface area contributed by atoms with Gasteiger partial charge < -0.3 is 19.8 Å². The molecule has 15 heteroatoms. The van der Waals surface area contributed by atoms with Crippen molar-refractivity contribution in [3.05, 3.63) is 163 Å². The summed E-state index contributed by atoms with van der Waals surface area (Å²) in [6, 6.07) is 24.7. The van der Waals surface area contributed by atoms with Crippen LogP contribution in [-0.4, -0.2) is 25.0 Å². The van der Waals surface area contributed by atoms with Crippen LogP contribution in [0.5, 0.6) is 11.5 Å². The fraction of sp³-hybridized carbons (Fsp3) is 0.0811. The molecule has 266 valence electrons. The van der Waals surface area contributed by atoms with Gasteiger partial charge in [0.15, 0.2) is 0 Å². The maximum atomic E-state index is 12.9. The standard InChI is InChI=1S/C20H14F4N2O2.C17H11F3N2O2/c21-15-6-1-14(2-7-15)12-28-17-9-4-13(5-10-17)3-8-16-11-18(20(22,23)24)26-19(27)25-16;18-17(19,20)15-9-11(21-16(24)22-15)6-7-13-12-4-2-1-3-10(12)5-8-14(13)23/h1-11H,12H2,(H,25,26,27);1-9,23H,(H,21,22,24)/b8-3+;7-6+. The van der Waals surface area contributed by atoms with E-state index in [0.29, 0.717) is 16.9 Å². The molecule has 8 nitrogen and oxygen atoms in total. The number of hydrogen-bond acceptors (Lipinski definition) is 6. The molecule has 0 atom stereocenters. The normalized spacial score (nSPS) is 11.9. The van der Waals surface area contributed by atoms with Gasteiger partial charge in [-0.15, -0.1) is 0 Å². The van der Waals surface area contributed by atoms with E-state index in [2.05, 4.69) is 9.97 Å². The number of benzene rings is 4. The number of phenols is 1. The summed E-state index contributed by atoms with van der Waals surface area (Å²) in [5.74, 6) is 0.234. The van der Waals surface area contributed by atoms with Crippen LogP contribution >= 0.6 is 0 Å². The minimum Gasteiger partial charge on any atom is -0.507 e. The van der Waals surface area contributed by atoms with E-state index < -0.39 is 35.1 Å². The summed E-state index contributed by atoms with van der Waals surface area (Å²) in [4.78, 5) is 32.9. The summed E-state index contributed by atoms with van der Waals surface area (Å²) in [5.41, 5.74) is -2.82. The number of aromatic hydroxyl groups is 1. The molecule has 0 saturated heterocycles. The van der Waals surface area contributed by atoms with Gasteiger partial charge in [0.1, 0.15) is 35.3 Å². The largest absolute Gasteiger partial charge is 0.507 e. The Bertz CT molecular complexity index is 2350. The lowest BCUT2D eigenvalue weighted by Crippen LogP contribution is -2.19. The summed E-state index contributed by atoms with van der Waals surface area (Å²) >= 11 is 0. The second kappa shape index (κ2) is 15.6. The van der Waals surface area contributed by atoms with E-state index in [4.69, 9.17) is 4.74 Å². The summed E-state index contributed by atoms with van der Waals surface area (Å²) in [5, 5.41) is 11.6. The van der Waals surface area contributed by atoms with Gasteiger partial charge in [-0.05, 0) is 82.6 Å². The van der Waals surface area contributed by atoms with Gasteiger partial charge in [-0.25, -0.2) is 14.0 Å². The molecule has 6 rings (SSSR count). The molecule has 0 radical (unpaired) electrons. The molecule has 0 bridgehead atoms. The van der Waals surface area contributed by atoms with Crippen molar-refractivity contribution in [1.82, 2.24) is 19.9 Å². The maximum absolute atomic E-state index is 12.9. The summed E-state index contributed by atoms with van der Waals surface area (Å²) in [6.45, 7) is 0.270. The van der Waals surface area contributed by atoms with E-state index in [-0.39, 0.29) is 29.6 Å². The highest BCUT2D eigenvalue weighted by atomic mass is 19.4. The number of H-pyrrole nitrogens is 2. The van der Waals surface area contributed by atoms with E-state index in [0.717, 1.165) is 28.5 Å². The third-order valence-corrected chi connectivity index (χ3v) is 7.15. The number of ether oxygens (including phenoxy) is 1. The van der Waals surface area contributed by atoms with Crippen LogP contribution in [0, 0.1) is 5.82 Å². The Labute approximate surface area is 289 Å². The number of nitrogens with zero attached hydrogens (tertiary/aromatic N) is 2. The first-order valence-corrected chi connectivity index (χ1v) is 15.1. The topological polar surface area (TPSA) is 121 Å². The number of aromatic nitrogens is 4. The van der Waals surface area contributed by atoms with Crippen molar-refractivity contribution in [2.24, 2.45) is 0 Å². The van der Waals surface area contributed by atoms with Gasteiger partial charge in [-0.2, -0.15) is 36.3 Å². The third kappa shape index (κ3) is 10.0. The van der Waals surface area contributed by atoms with Crippen molar-refractivity contribution in [3.63, 3.8) is 0 Å². The van der Waals surface area contributed by atoms with Gasteiger partial charge in [0.05, 0.1) is 11.4 Å². The predicted octanol–water partition coefficient (Wildman–Crippen LogP) is 8.50. The molecule has 3 N–H and O–H groups in total. The second-order valence-corrected chi connectivity index (χ2v) is 10.9. The summed E-state index contributed by atoms with van der Waals surface area (Å²) in [6.07, 6.45) is -3.80. The van der Waals surface area contributed by atoms with Crippen LogP contribution in [0.4, 0.5) is 30.7 Å². The summed E-state index contributed by atoms with van der Waals surface area (Å²) in [7, 11) is 0. The van der Waals surface area contributed by atoms with Gasteiger partial charge in [0.2, 0.25) is 0 Å². The monoisotopic (exact) mass is 722 g/mol. The van der Waals surface area contributed by atoms with Crippen molar-refractivity contribution in [2.45, 2.75) is 19.0 Å². The molecule has 2 heterocycles. The number of fused-ring (bicyclic) bond motifs is 1. The molecule has 6 aromatic rings. The lowest BCUT2D eigenvalue weighted by molar-refractivity contribution is -0.142. The van der Waals surface area contributed by atoms with Crippen LogP contribution in [0.15, 0.2) is 107 Å². The Kier molecular flexibility index (Phi) is 11.0. The maximum Gasteiger partial charge on any atom is 0.431 e. The number of alkyl halides is 6. The molecule has 0 unspecified atom stereocenters. The fourth-order valence-electron chi connectivity index (χ4n) is 4.66. The highest BCUT2D eigenvalue weighted by molar-refractivity contribution is 5.95. The molecule has 0 spiro atoms. The zero-order valence-corrected chi connectivity index (χ0v) is 26.5. The van der Waals surface area contributed by atoms with E-state index in [1.54, 1.807) is 64.6 Å². The van der Waals surface area contributed by atoms with Crippen LogP contribution in [-0.2, 0) is 19.0 Å². The Morgan fingerprint density at radius 2 is 1.23 bits per heavy atom. The molecule has 0 aliphatic carbocycles. The summed E-state index contributed by atoms with van der Waals surface area (Å²) < 4.78 is 94.8. The molecule has 52 heavy (non-hydrogen) atoms. The van der Waals surface area contributed by atoms with Gasteiger partial charge in [0, 0.05) is 5.56 Å². The number of nitrogens with one attached hydrogen (secondary N) is 2. The van der Waals surface area contributed by atoms with Crippen LogP contribution < -0.4 is 16.1 Å². The number of rotatable bonds is 7. The molecule has 0 aliphatic heterocycles. The van der Waals surface area contributed by atoms with Gasteiger partial charge in [0.25, 0.3) is 0 Å². The lowest BCUT2D eigenvalue weighted by Gasteiger charge is -2.07. The van der Waals surface area contributed by atoms with Crippen LogP contribution in [0.2, 0.25) is 0 Å². The first kappa shape index (κ1) is 36.8. The Morgan fingerprint density at radius 1 is 0.673 bits per heavy atom. The number of phenolic OH excluding ortho intramolecular Hbond substituents is 1. The molecular formula is C37H25F7N4O4. The zero-order valence-electron chi connectivity index (χ0n) is 26.5. The van der Waals surface area contributed by atoms with E-state index in [1.807, 2.05) is 12.1 Å². The average molecular weight is 723 g/mol. The molecule has 0 amide bonds. The third-order valence-electron chi connectivity index (χ3n) is 7.15. The molecule has 0 fully saturated rings. The smallest absolute Gasteiger partial charge is 0.431 e. The molecule has 0 aliphatic rings. The van der Waals surface area contributed by atoms with Gasteiger partial charge >= 0.3 is 23.7 Å². The first-order chi connectivity index (χ1) is 24.6. The Morgan fingerprint density at radius 3 is 1.81 bits per heavy atom. The van der Waals surface area contributed by atoms with Crippen LogP contribution in [0.1, 0.15) is 39.5 Å². The van der Waals surface area contributed by atoms with E-state index >= 15 is 0 Å². The van der Waals surface area contributed by atoms with Crippen molar-refractivity contribution >= 4 is 35.1 Å². The van der Waals surface area contributed by atoms with Crippen LogP contribution in [0.25, 0.3) is 35.1 Å². The van der Waals surface area contributed by atoms with Crippen molar-refractivity contribution in [1.29, 1.82) is 0 Å². The van der Waals surface area contributed by atoms with E-state index in [1.165, 1.54) is 42.5 Å². The van der Waals surface area contributed by atoms with Crippen molar-refractivity contribution < 1.29 is 40.6 Å². The minimum atomic E-state index is -4.67. The average Bonchev–Trinajstić information content (AvgIpc) is 3.10. The highest BCUT2D eigenvalue weighted by Crippen LogP contribution is 2.30. The zero-order chi connectivity index (χ0) is 37.5. The van der Waals surface area contributed by atoms with Gasteiger partial charge in [-0.1, -0.05) is 60.7 Å². The quantitative estimate of drug-likeness (QED) is 0.142. The first-order valence-electron chi connectivity index (χ1n) is 15.1. The predicted molar refractivity (Wildman–Crippen MR) is 180 cm³/mol. The molecular weight excluding hydrogens is 697 g/mol. The minimum absolute atomic E-state index is 0.0224. The van der Waals surface area contributed by atoms with E-state index in [9.17, 15) is 45.4 Å². The highest BCUT2D eigenvalue weighted by Gasteiger charge is 2.33. The van der Waals surface area contributed by atoms with Crippen LogP contribution in [0.3, 0.4) is 0 Å². The SMILES string of the molecule is O=c1nc(/C=C/c2c(O)ccc3ccccc23)cc(C(F)(F)F)[nH]1.O=c1nc(/C=C/c2ccc(OCc3ccc(F)cc3)cc2)cc(C(F)(F)F)[nH]1. The van der Waals surface area contributed by atoms with Gasteiger partial charge in [-0.3, -0.25) is 0 Å². The lowest BCUT2D eigenvalue weighted by atomic mass is 10.0. The molecule has 2 aromatic heterocycles. The number of hydrogen-bond donors (Lipinski definition) is 3. The molecule has 0 saturated carbocycles. The number of halogens is 7. The Hall–Kier alpha value is -6.51. The number of aromatic amines is 2. The van der Waals surface area contributed by atoms with Crippen molar-refractivity contribution in [3.8, 4) is 11.5 Å². The fourth-order valence-corrected chi connectivity index (χ4v) is 4.66. The molecule has 4 aromatic carbocycles. The second-order valence-electron chi connectivity index (χ2n) is 10.9. The van der Waals surface area contributed by atoms with Crippen molar-refractivity contribution in [2.75, 3.05) is 0 Å².